The number of hydrogen-bond donors (Lipinski definition) is 0. The number of quaternary nitrogens is 1. The molecule has 3 nitrogen and oxygen atoms in total. The second-order valence-electron chi connectivity index (χ2n) is 5.40. The highest BCUT2D eigenvalue weighted by Crippen LogP contribution is 2.14. The fourth-order valence-electron chi connectivity index (χ4n) is 0.629. The lowest BCUT2D eigenvalue weighted by molar-refractivity contribution is -0.870. The Morgan fingerprint density at radius 1 is 1.21 bits per heavy atom. The molecule has 0 fully saturated rings. The van der Waals surface area contributed by atoms with E-state index in [0.29, 0.717) is 6.61 Å². The van der Waals surface area contributed by atoms with Crippen LogP contribution >= 0.6 is 0 Å². The van der Waals surface area contributed by atoms with Gasteiger partial charge in [0, 0.05) is 0 Å². The first-order valence-corrected chi connectivity index (χ1v) is 4.60. The lowest BCUT2D eigenvalue weighted by Crippen LogP contribution is -2.38. The largest absolute Gasteiger partial charge is 0.459 e. The zero-order valence-electron chi connectivity index (χ0n) is 9.68. The van der Waals surface area contributed by atoms with Gasteiger partial charge in [0.1, 0.15) is 13.2 Å². The van der Waals surface area contributed by atoms with Gasteiger partial charge in [-0.05, 0) is 20.8 Å². The average Bonchev–Trinajstić information content (AvgIpc) is 1.82. The molecule has 0 heterocycles. The zero-order valence-corrected chi connectivity index (χ0v) is 9.68. The van der Waals surface area contributed by atoms with E-state index in [4.69, 9.17) is 4.74 Å². The van der Waals surface area contributed by atoms with Gasteiger partial charge in [0.2, 0.25) is 0 Å². The summed E-state index contributed by atoms with van der Waals surface area (Å²) >= 11 is 0. The summed E-state index contributed by atoms with van der Waals surface area (Å²) in [5.74, 6) is -0.124. The van der Waals surface area contributed by atoms with Crippen LogP contribution in [0.2, 0.25) is 0 Å². The Kier molecular flexibility index (Phi) is 6.06. The number of ether oxygens (including phenoxy) is 1. The Balaban J connectivity index is 0. The molecule has 0 aliphatic rings. The van der Waals surface area contributed by atoms with Crippen molar-refractivity contribution in [1.29, 1.82) is 0 Å². The Morgan fingerprint density at radius 3 is 1.93 bits per heavy atom. The molecule has 0 aromatic heterocycles. The minimum absolute atomic E-state index is 0. The number of nitrogens with zero attached hydrogens (tertiary/aromatic N) is 1. The molecule has 0 aliphatic heterocycles. The fourth-order valence-corrected chi connectivity index (χ4v) is 0.629. The predicted octanol–water partition coefficient (Wildman–Crippen LogP) is 1.92. The SMILES string of the molecule is C.CC(C)(C)C(=O)OCC[N+](C)(C)C. The molecule has 0 saturated carbocycles. The van der Waals surface area contributed by atoms with E-state index < -0.39 is 0 Å². The second-order valence-corrected chi connectivity index (χ2v) is 5.40. The van der Waals surface area contributed by atoms with Gasteiger partial charge in [-0.1, -0.05) is 7.43 Å². The normalized spacial score (nSPS) is 11.9. The van der Waals surface area contributed by atoms with Crippen LogP contribution in [0.15, 0.2) is 0 Å². The molecule has 0 amide bonds. The minimum Gasteiger partial charge on any atom is -0.459 e. The molecule has 0 aromatic carbocycles. The first-order chi connectivity index (χ1) is 5.63. The van der Waals surface area contributed by atoms with Crippen LogP contribution in [-0.2, 0) is 9.53 Å². The van der Waals surface area contributed by atoms with E-state index in [1.165, 1.54) is 0 Å². The lowest BCUT2D eigenvalue weighted by Gasteiger charge is -2.24. The number of carbonyl (C=O) groups is 1. The van der Waals surface area contributed by atoms with Crippen molar-refractivity contribution in [1.82, 2.24) is 0 Å². The van der Waals surface area contributed by atoms with Crippen molar-refractivity contribution in [2.24, 2.45) is 5.41 Å². The molecule has 3 heteroatoms. The van der Waals surface area contributed by atoms with Gasteiger partial charge in [-0.2, -0.15) is 0 Å². The standard InChI is InChI=1S/C10H22NO2.CH4/c1-10(2,3)9(12)13-8-7-11(4,5)6;/h7-8H2,1-6H3;1H4/q+1;. The third-order valence-corrected chi connectivity index (χ3v) is 1.61. The fraction of sp³-hybridized carbons (Fsp3) is 0.909. The monoisotopic (exact) mass is 204 g/mol. The second kappa shape index (κ2) is 5.35. The van der Waals surface area contributed by atoms with Crippen molar-refractivity contribution in [3.63, 3.8) is 0 Å². The Bertz CT molecular complexity index is 175. The summed E-state index contributed by atoms with van der Waals surface area (Å²) in [6.07, 6.45) is 0. The molecule has 0 aromatic rings. The summed E-state index contributed by atoms with van der Waals surface area (Å²) < 4.78 is 5.94. The van der Waals surface area contributed by atoms with E-state index in [2.05, 4.69) is 21.1 Å². The van der Waals surface area contributed by atoms with Crippen molar-refractivity contribution < 1.29 is 14.0 Å². The van der Waals surface area contributed by atoms with Crippen LogP contribution in [-0.4, -0.2) is 44.7 Å². The van der Waals surface area contributed by atoms with Gasteiger partial charge in [0.25, 0.3) is 0 Å². The van der Waals surface area contributed by atoms with Gasteiger partial charge >= 0.3 is 5.97 Å². The Labute approximate surface area is 88.6 Å². The van der Waals surface area contributed by atoms with Gasteiger partial charge in [-0.3, -0.25) is 4.79 Å². The topological polar surface area (TPSA) is 26.3 Å². The van der Waals surface area contributed by atoms with Crippen LogP contribution in [0, 0.1) is 5.41 Å². The highest BCUT2D eigenvalue weighted by molar-refractivity contribution is 5.75. The van der Waals surface area contributed by atoms with E-state index in [1.54, 1.807) is 0 Å². The van der Waals surface area contributed by atoms with Crippen LogP contribution in [0.25, 0.3) is 0 Å². The number of esters is 1. The van der Waals surface area contributed by atoms with Gasteiger partial charge < -0.3 is 9.22 Å². The molecule has 0 atom stereocenters. The van der Waals surface area contributed by atoms with E-state index in [1.807, 2.05) is 20.8 Å². The maximum absolute atomic E-state index is 11.3. The summed E-state index contributed by atoms with van der Waals surface area (Å²) in [7, 11) is 6.22. The predicted molar refractivity (Wildman–Crippen MR) is 60.0 cm³/mol. The van der Waals surface area contributed by atoms with Crippen molar-refractivity contribution in [3.05, 3.63) is 0 Å². The van der Waals surface area contributed by atoms with Crippen LogP contribution in [0.3, 0.4) is 0 Å². The molecule has 0 aliphatic carbocycles. The molecule has 0 radical (unpaired) electrons. The van der Waals surface area contributed by atoms with Crippen LogP contribution in [0.4, 0.5) is 0 Å². The summed E-state index contributed by atoms with van der Waals surface area (Å²) in [6, 6.07) is 0. The van der Waals surface area contributed by atoms with E-state index in [9.17, 15) is 4.79 Å². The molecule has 0 bridgehead atoms. The van der Waals surface area contributed by atoms with Crippen molar-refractivity contribution in [2.75, 3.05) is 34.3 Å². The van der Waals surface area contributed by atoms with Gasteiger partial charge in [0.15, 0.2) is 0 Å². The number of rotatable bonds is 3. The number of hydrogen-bond acceptors (Lipinski definition) is 2. The summed E-state index contributed by atoms with van der Waals surface area (Å²) in [4.78, 5) is 11.3. The van der Waals surface area contributed by atoms with Crippen LogP contribution < -0.4 is 0 Å². The highest BCUT2D eigenvalue weighted by atomic mass is 16.5. The molecule has 0 rings (SSSR count). The van der Waals surface area contributed by atoms with Crippen molar-refractivity contribution in [2.45, 2.75) is 28.2 Å². The van der Waals surface area contributed by atoms with Gasteiger partial charge in [-0.15, -0.1) is 0 Å². The molecular weight excluding hydrogens is 178 g/mol. The third kappa shape index (κ3) is 8.05. The first-order valence-electron chi connectivity index (χ1n) is 4.60. The van der Waals surface area contributed by atoms with E-state index >= 15 is 0 Å². The van der Waals surface area contributed by atoms with Crippen LogP contribution in [0.5, 0.6) is 0 Å². The molecule has 0 N–H and O–H groups in total. The summed E-state index contributed by atoms with van der Waals surface area (Å²) in [5.41, 5.74) is -0.384. The molecule has 14 heavy (non-hydrogen) atoms. The minimum atomic E-state index is -0.384. The maximum atomic E-state index is 11.3. The average molecular weight is 204 g/mol. The zero-order chi connectivity index (χ0) is 10.7. The number of carbonyl (C=O) groups excluding carboxylic acids is 1. The number of likely N-dealkylation sites (N-methyl/N-ethyl adjacent to an activating group) is 1. The van der Waals surface area contributed by atoms with E-state index in [-0.39, 0.29) is 18.8 Å². The van der Waals surface area contributed by atoms with Gasteiger partial charge in [0.05, 0.1) is 26.6 Å². The van der Waals surface area contributed by atoms with Gasteiger partial charge in [-0.25, -0.2) is 0 Å². The molecule has 0 saturated heterocycles. The van der Waals surface area contributed by atoms with Crippen LogP contribution in [0.1, 0.15) is 28.2 Å². The smallest absolute Gasteiger partial charge is 0.311 e. The molecule has 86 valence electrons. The Morgan fingerprint density at radius 2 is 1.64 bits per heavy atom. The maximum Gasteiger partial charge on any atom is 0.311 e. The molecule has 0 spiro atoms. The first kappa shape index (κ1) is 15.9. The van der Waals surface area contributed by atoms with E-state index in [0.717, 1.165) is 11.0 Å². The quantitative estimate of drug-likeness (QED) is 0.518. The summed E-state index contributed by atoms with van der Waals surface area (Å²) in [5, 5.41) is 0. The molecule has 0 unspecified atom stereocenters. The lowest BCUT2D eigenvalue weighted by atomic mass is 9.97. The third-order valence-electron chi connectivity index (χ3n) is 1.61. The van der Waals surface area contributed by atoms with Crippen molar-refractivity contribution >= 4 is 5.97 Å². The Hall–Kier alpha value is -0.570. The highest BCUT2D eigenvalue weighted by Gasteiger charge is 2.23. The molecular formula is C11H26NO2+. The van der Waals surface area contributed by atoms with Crippen molar-refractivity contribution in [3.8, 4) is 0 Å². The summed E-state index contributed by atoms with van der Waals surface area (Å²) in [6.45, 7) is 6.94.